The van der Waals surface area contributed by atoms with E-state index in [0.717, 1.165) is 12.8 Å². The lowest BCUT2D eigenvalue weighted by atomic mass is 9.94. The minimum absolute atomic E-state index is 0.0353. The van der Waals surface area contributed by atoms with E-state index in [9.17, 15) is 9.59 Å². The summed E-state index contributed by atoms with van der Waals surface area (Å²) in [6.07, 6.45) is 6.78. The van der Waals surface area contributed by atoms with Crippen LogP contribution in [0.4, 0.5) is 0 Å². The Hall–Kier alpha value is -1.38. The lowest BCUT2D eigenvalue weighted by Crippen LogP contribution is -2.18. The first-order valence-corrected chi connectivity index (χ1v) is 4.95. The van der Waals surface area contributed by atoms with E-state index in [0.29, 0.717) is 24.7 Å². The Morgan fingerprint density at radius 1 is 1.07 bits per heavy atom. The molecule has 0 spiro atoms. The Kier molecular flexibility index (Phi) is 2.48. The second-order valence-corrected chi connectivity index (χ2v) is 3.75. The van der Waals surface area contributed by atoms with Crippen molar-refractivity contribution in [1.82, 2.24) is 4.57 Å². The first-order valence-electron chi connectivity index (χ1n) is 4.95. The van der Waals surface area contributed by atoms with Gasteiger partial charge in [-0.05, 0) is 12.8 Å². The summed E-state index contributed by atoms with van der Waals surface area (Å²) in [6.45, 7) is 0. The fourth-order valence-corrected chi connectivity index (χ4v) is 1.89. The van der Waals surface area contributed by atoms with E-state index in [1.165, 1.54) is 0 Å². The zero-order valence-corrected chi connectivity index (χ0v) is 7.98. The number of Topliss-reactive ketones (excluding diaryl/α,β-unsaturated/α-hetero) is 1. The molecule has 0 bridgehead atoms. The molecule has 0 saturated heterocycles. The lowest BCUT2D eigenvalue weighted by Gasteiger charge is -2.23. The highest BCUT2D eigenvalue weighted by Crippen LogP contribution is 2.25. The Morgan fingerprint density at radius 3 is 2.21 bits per heavy atom. The Balaban J connectivity index is 2.12. The number of rotatable bonds is 1. The van der Waals surface area contributed by atoms with Crippen molar-refractivity contribution in [2.75, 3.05) is 0 Å². The van der Waals surface area contributed by atoms with Gasteiger partial charge in [-0.1, -0.05) is 0 Å². The van der Waals surface area contributed by atoms with Crippen LogP contribution in [-0.4, -0.2) is 10.4 Å². The number of carbonyl (C=O) groups is 1. The van der Waals surface area contributed by atoms with Gasteiger partial charge >= 0.3 is 0 Å². The van der Waals surface area contributed by atoms with Crippen LogP contribution in [0.25, 0.3) is 0 Å². The second kappa shape index (κ2) is 3.78. The topological polar surface area (TPSA) is 39.1 Å². The first-order chi connectivity index (χ1) is 6.75. The zero-order chi connectivity index (χ0) is 9.97. The zero-order valence-electron chi connectivity index (χ0n) is 7.98. The molecule has 14 heavy (non-hydrogen) atoms. The van der Waals surface area contributed by atoms with Crippen molar-refractivity contribution >= 4 is 5.78 Å². The van der Waals surface area contributed by atoms with Gasteiger partial charge in [0.25, 0.3) is 0 Å². The monoisotopic (exact) mass is 191 g/mol. The van der Waals surface area contributed by atoms with Crippen LogP contribution in [-0.2, 0) is 4.79 Å². The lowest BCUT2D eigenvalue weighted by molar-refractivity contribution is -0.120. The number of aromatic nitrogens is 1. The molecule has 0 aromatic carbocycles. The van der Waals surface area contributed by atoms with E-state index in [-0.39, 0.29) is 5.43 Å². The van der Waals surface area contributed by atoms with Crippen LogP contribution in [0.2, 0.25) is 0 Å². The van der Waals surface area contributed by atoms with Gasteiger partial charge in [0.2, 0.25) is 0 Å². The quantitative estimate of drug-likeness (QED) is 0.675. The molecule has 1 saturated carbocycles. The van der Waals surface area contributed by atoms with Crippen LogP contribution in [0.15, 0.2) is 29.3 Å². The number of nitrogens with zero attached hydrogens (tertiary/aromatic N) is 1. The van der Waals surface area contributed by atoms with Crippen LogP contribution < -0.4 is 5.43 Å². The van der Waals surface area contributed by atoms with E-state index in [1.54, 1.807) is 12.1 Å². The van der Waals surface area contributed by atoms with Crippen molar-refractivity contribution in [2.45, 2.75) is 31.7 Å². The fraction of sp³-hybridized carbons (Fsp3) is 0.455. The van der Waals surface area contributed by atoms with Crippen LogP contribution in [0, 0.1) is 0 Å². The van der Waals surface area contributed by atoms with Crippen molar-refractivity contribution in [3.8, 4) is 0 Å². The smallest absolute Gasteiger partial charge is 0.181 e. The van der Waals surface area contributed by atoms with Crippen molar-refractivity contribution < 1.29 is 4.79 Å². The second-order valence-electron chi connectivity index (χ2n) is 3.75. The highest BCUT2D eigenvalue weighted by atomic mass is 16.1. The predicted octanol–water partition coefficient (Wildman–Crippen LogP) is 1.53. The van der Waals surface area contributed by atoms with Gasteiger partial charge in [-0.3, -0.25) is 9.59 Å². The van der Waals surface area contributed by atoms with Crippen molar-refractivity contribution in [1.29, 1.82) is 0 Å². The van der Waals surface area contributed by atoms with Crippen molar-refractivity contribution in [3.05, 3.63) is 34.7 Å². The maximum Gasteiger partial charge on any atom is 0.181 e. The number of pyridine rings is 1. The molecule has 0 atom stereocenters. The summed E-state index contributed by atoms with van der Waals surface area (Å²) in [5.74, 6) is 0.363. The molecule has 1 aliphatic rings. The summed E-state index contributed by atoms with van der Waals surface area (Å²) < 4.78 is 2.04. The highest BCUT2D eigenvalue weighted by Gasteiger charge is 2.18. The molecule has 0 aliphatic heterocycles. The van der Waals surface area contributed by atoms with E-state index in [1.807, 2.05) is 17.0 Å². The average molecular weight is 191 g/mol. The van der Waals surface area contributed by atoms with Gasteiger partial charge in [0.15, 0.2) is 5.43 Å². The number of hydrogen-bond acceptors (Lipinski definition) is 2. The Morgan fingerprint density at radius 2 is 1.64 bits per heavy atom. The molecule has 1 aromatic heterocycles. The summed E-state index contributed by atoms with van der Waals surface area (Å²) in [4.78, 5) is 21.9. The summed E-state index contributed by atoms with van der Waals surface area (Å²) in [5, 5.41) is 0. The van der Waals surface area contributed by atoms with Crippen LogP contribution in [0.1, 0.15) is 31.7 Å². The standard InChI is InChI=1S/C11H13NO2/c13-10-3-1-9(2-4-10)12-7-5-11(14)6-8-12/h5-9H,1-4H2. The largest absolute Gasteiger partial charge is 0.351 e. The third-order valence-electron chi connectivity index (χ3n) is 2.76. The molecule has 74 valence electrons. The highest BCUT2D eigenvalue weighted by molar-refractivity contribution is 5.79. The summed E-state index contributed by atoms with van der Waals surface area (Å²) in [5.41, 5.74) is 0.0353. The van der Waals surface area contributed by atoms with Gasteiger partial charge in [0, 0.05) is 43.4 Å². The van der Waals surface area contributed by atoms with E-state index >= 15 is 0 Å². The third kappa shape index (κ3) is 1.92. The molecule has 0 amide bonds. The molecular formula is C11H13NO2. The molecule has 1 fully saturated rings. The van der Waals surface area contributed by atoms with Gasteiger partial charge in [-0.2, -0.15) is 0 Å². The van der Waals surface area contributed by atoms with Gasteiger partial charge in [-0.15, -0.1) is 0 Å². The molecular weight excluding hydrogens is 178 g/mol. The minimum atomic E-state index is 0.0353. The third-order valence-corrected chi connectivity index (χ3v) is 2.76. The molecule has 0 radical (unpaired) electrons. The fourth-order valence-electron chi connectivity index (χ4n) is 1.89. The predicted molar refractivity (Wildman–Crippen MR) is 53.2 cm³/mol. The minimum Gasteiger partial charge on any atom is -0.351 e. The molecule has 1 aliphatic carbocycles. The van der Waals surface area contributed by atoms with Crippen LogP contribution in [0.3, 0.4) is 0 Å². The van der Waals surface area contributed by atoms with E-state index < -0.39 is 0 Å². The number of ketones is 1. The maximum absolute atomic E-state index is 11.0. The van der Waals surface area contributed by atoms with Crippen LogP contribution in [0.5, 0.6) is 0 Å². The van der Waals surface area contributed by atoms with Crippen molar-refractivity contribution in [2.24, 2.45) is 0 Å². The first kappa shape index (κ1) is 9.19. The van der Waals surface area contributed by atoms with Gasteiger partial charge < -0.3 is 4.57 Å². The molecule has 1 heterocycles. The maximum atomic E-state index is 11.0. The van der Waals surface area contributed by atoms with E-state index in [2.05, 4.69) is 0 Å². The summed E-state index contributed by atoms with van der Waals surface area (Å²) in [7, 11) is 0. The van der Waals surface area contributed by atoms with Gasteiger partial charge in [-0.25, -0.2) is 0 Å². The SMILES string of the molecule is O=C1CCC(n2ccc(=O)cc2)CC1. The van der Waals surface area contributed by atoms with Crippen LogP contribution >= 0.6 is 0 Å². The normalized spacial score (nSPS) is 18.4. The molecule has 3 nitrogen and oxygen atoms in total. The van der Waals surface area contributed by atoms with Crippen molar-refractivity contribution in [3.63, 3.8) is 0 Å². The summed E-state index contributed by atoms with van der Waals surface area (Å²) in [6, 6.07) is 3.53. The molecule has 3 heteroatoms. The molecule has 2 rings (SSSR count). The summed E-state index contributed by atoms with van der Waals surface area (Å²) >= 11 is 0. The number of hydrogen-bond donors (Lipinski definition) is 0. The molecule has 1 aromatic rings. The Labute approximate surface area is 82.4 Å². The van der Waals surface area contributed by atoms with Gasteiger partial charge in [0.05, 0.1) is 0 Å². The van der Waals surface area contributed by atoms with E-state index in [4.69, 9.17) is 0 Å². The molecule has 0 unspecified atom stereocenters. The average Bonchev–Trinajstić information content (AvgIpc) is 2.21. The van der Waals surface area contributed by atoms with Gasteiger partial charge in [0.1, 0.15) is 5.78 Å². The molecule has 0 N–H and O–H groups in total. The Bertz CT molecular complexity index is 364. The number of carbonyl (C=O) groups excluding carboxylic acids is 1.